The number of fused-ring (bicyclic) bond motifs is 1. The van der Waals surface area contributed by atoms with Crippen LogP contribution in [0.1, 0.15) is 48.5 Å². The molecule has 0 atom stereocenters. The number of benzene rings is 2. The number of tetrazole rings is 1. The van der Waals surface area contributed by atoms with Crippen molar-refractivity contribution >= 4 is 11.2 Å². The molecule has 0 bridgehead atoms. The van der Waals surface area contributed by atoms with E-state index < -0.39 is 0 Å². The molecule has 3 aromatic heterocycles. The van der Waals surface area contributed by atoms with Crippen molar-refractivity contribution < 1.29 is 0 Å². The quantitative estimate of drug-likeness (QED) is 0.355. The highest BCUT2D eigenvalue weighted by atomic mass is 15.5. The van der Waals surface area contributed by atoms with Gasteiger partial charge in [0.15, 0.2) is 5.65 Å². The molecule has 172 valence electrons. The zero-order valence-electron chi connectivity index (χ0n) is 20.1. The van der Waals surface area contributed by atoms with Crippen molar-refractivity contribution in [3.05, 3.63) is 76.7 Å². The lowest BCUT2D eigenvalue weighted by molar-refractivity contribution is 0.745. The molecule has 34 heavy (non-hydrogen) atoms. The van der Waals surface area contributed by atoms with Crippen LogP contribution in [-0.2, 0) is 19.4 Å². The molecule has 7 nitrogen and oxygen atoms in total. The highest BCUT2D eigenvalue weighted by Gasteiger charge is 2.15. The van der Waals surface area contributed by atoms with Gasteiger partial charge in [-0.3, -0.25) is 0 Å². The Hall–Kier alpha value is -3.87. The maximum atomic E-state index is 4.88. The summed E-state index contributed by atoms with van der Waals surface area (Å²) in [6.45, 7) is 9.23. The van der Waals surface area contributed by atoms with Crippen molar-refractivity contribution in [2.45, 2.75) is 53.5 Å². The van der Waals surface area contributed by atoms with E-state index in [1.165, 1.54) is 16.7 Å². The fraction of sp³-hybridized carbons (Fsp3) is 0.296. The number of hydrogen-bond donors (Lipinski definition) is 1. The summed E-state index contributed by atoms with van der Waals surface area (Å²) in [5.74, 6) is 1.67. The first-order chi connectivity index (χ1) is 16.6. The summed E-state index contributed by atoms with van der Waals surface area (Å²) in [6, 6.07) is 17.3. The Labute approximate surface area is 199 Å². The maximum Gasteiger partial charge on any atom is 0.205 e. The van der Waals surface area contributed by atoms with Gasteiger partial charge in [-0.1, -0.05) is 62.7 Å². The van der Waals surface area contributed by atoms with Crippen molar-refractivity contribution in [3.8, 4) is 22.5 Å². The second-order valence-electron chi connectivity index (χ2n) is 8.78. The van der Waals surface area contributed by atoms with E-state index in [2.05, 4.69) is 94.5 Å². The molecular weight excluding hydrogens is 422 g/mol. The van der Waals surface area contributed by atoms with E-state index in [0.29, 0.717) is 5.82 Å². The van der Waals surface area contributed by atoms with Crippen molar-refractivity contribution in [3.63, 3.8) is 0 Å². The minimum atomic E-state index is 0.608. The SMILES string of the molecule is CCCc1ccc(-c2nn[nH]n2)c(-c2ccc(Cn3c(CC)nc4c(C)cc(C)nc43)cc2)c1. The topological polar surface area (TPSA) is 85.2 Å². The van der Waals surface area contributed by atoms with Gasteiger partial charge in [0.1, 0.15) is 11.3 Å². The summed E-state index contributed by atoms with van der Waals surface area (Å²) in [4.78, 5) is 9.69. The molecular formula is C27H29N7. The lowest BCUT2D eigenvalue weighted by Crippen LogP contribution is -2.05. The van der Waals surface area contributed by atoms with Gasteiger partial charge >= 0.3 is 0 Å². The van der Waals surface area contributed by atoms with Crippen LogP contribution in [0.3, 0.4) is 0 Å². The Bertz CT molecular complexity index is 1430. The number of nitrogens with one attached hydrogen (secondary N) is 1. The van der Waals surface area contributed by atoms with Crippen LogP contribution in [0, 0.1) is 13.8 Å². The third-order valence-corrected chi connectivity index (χ3v) is 6.23. The molecule has 0 aliphatic rings. The number of aromatic nitrogens is 7. The first-order valence-corrected chi connectivity index (χ1v) is 11.9. The minimum absolute atomic E-state index is 0.608. The monoisotopic (exact) mass is 451 g/mol. The standard InChI is InChI=1S/C27H29N7/c1-5-7-19-10-13-22(26-30-32-33-31-26)23(15-19)21-11-8-20(9-12-21)16-34-24(6-2)29-25-17(3)14-18(4)28-27(25)34/h8-15H,5-7,16H2,1-4H3,(H,30,31,32,33). The van der Waals surface area contributed by atoms with Gasteiger partial charge in [0.05, 0.1) is 6.54 Å². The molecule has 0 aliphatic heterocycles. The second kappa shape index (κ2) is 9.17. The number of pyridine rings is 1. The Morgan fingerprint density at radius 3 is 2.38 bits per heavy atom. The van der Waals surface area contributed by atoms with Crippen LogP contribution in [0.25, 0.3) is 33.7 Å². The highest BCUT2D eigenvalue weighted by molar-refractivity contribution is 5.81. The van der Waals surface area contributed by atoms with Crippen LogP contribution >= 0.6 is 0 Å². The lowest BCUT2D eigenvalue weighted by Gasteiger charge is -2.12. The first kappa shape index (κ1) is 21.9. The molecule has 3 heterocycles. The molecule has 0 aliphatic carbocycles. The summed E-state index contributed by atoms with van der Waals surface area (Å²) in [5.41, 5.74) is 9.91. The number of nitrogens with zero attached hydrogens (tertiary/aromatic N) is 6. The van der Waals surface area contributed by atoms with Crippen LogP contribution in [-0.4, -0.2) is 35.2 Å². The van der Waals surface area contributed by atoms with E-state index in [1.54, 1.807) is 0 Å². The van der Waals surface area contributed by atoms with Gasteiger partial charge in [-0.25, -0.2) is 9.97 Å². The molecule has 0 fully saturated rings. The number of rotatable bonds is 7. The largest absolute Gasteiger partial charge is 0.308 e. The highest BCUT2D eigenvalue weighted by Crippen LogP contribution is 2.32. The predicted octanol–water partition coefficient (Wildman–Crippen LogP) is 5.46. The predicted molar refractivity (Wildman–Crippen MR) is 135 cm³/mol. The second-order valence-corrected chi connectivity index (χ2v) is 8.78. The molecule has 5 rings (SSSR count). The molecule has 0 unspecified atom stereocenters. The Balaban J connectivity index is 1.52. The van der Waals surface area contributed by atoms with Crippen molar-refractivity contribution in [1.82, 2.24) is 35.2 Å². The van der Waals surface area contributed by atoms with Gasteiger partial charge in [-0.2, -0.15) is 5.21 Å². The van der Waals surface area contributed by atoms with Crippen molar-refractivity contribution in [1.29, 1.82) is 0 Å². The van der Waals surface area contributed by atoms with Gasteiger partial charge in [0, 0.05) is 17.7 Å². The van der Waals surface area contributed by atoms with Crippen LogP contribution in [0.15, 0.2) is 48.5 Å². The smallest absolute Gasteiger partial charge is 0.205 e. The van der Waals surface area contributed by atoms with E-state index in [0.717, 1.165) is 65.2 Å². The van der Waals surface area contributed by atoms with Crippen LogP contribution in [0.4, 0.5) is 0 Å². The number of aromatic amines is 1. The van der Waals surface area contributed by atoms with Crippen molar-refractivity contribution in [2.75, 3.05) is 0 Å². The number of aryl methyl sites for hydroxylation is 4. The average molecular weight is 452 g/mol. The summed E-state index contributed by atoms with van der Waals surface area (Å²) in [6.07, 6.45) is 3.01. The van der Waals surface area contributed by atoms with E-state index in [4.69, 9.17) is 9.97 Å². The fourth-order valence-corrected chi connectivity index (χ4v) is 4.60. The summed E-state index contributed by atoms with van der Waals surface area (Å²) in [7, 11) is 0. The lowest BCUT2D eigenvalue weighted by atomic mass is 9.95. The average Bonchev–Trinajstić information content (AvgIpc) is 3.49. The molecule has 0 amide bonds. The normalized spacial score (nSPS) is 11.4. The maximum absolute atomic E-state index is 4.88. The van der Waals surface area contributed by atoms with Crippen LogP contribution < -0.4 is 0 Å². The Kier molecular flexibility index (Phi) is 5.92. The fourth-order valence-electron chi connectivity index (χ4n) is 4.60. The van der Waals surface area contributed by atoms with Gasteiger partial charge in [0.2, 0.25) is 5.82 Å². The molecule has 0 spiro atoms. The van der Waals surface area contributed by atoms with E-state index >= 15 is 0 Å². The van der Waals surface area contributed by atoms with Crippen molar-refractivity contribution in [2.24, 2.45) is 0 Å². The van der Waals surface area contributed by atoms with Gasteiger partial charge < -0.3 is 4.57 Å². The molecule has 7 heteroatoms. The molecule has 0 saturated carbocycles. The number of imidazole rings is 1. The molecule has 0 radical (unpaired) electrons. The van der Waals surface area contributed by atoms with E-state index in [1.807, 2.05) is 6.92 Å². The van der Waals surface area contributed by atoms with E-state index in [9.17, 15) is 0 Å². The zero-order chi connectivity index (χ0) is 23.7. The Morgan fingerprint density at radius 1 is 0.882 bits per heavy atom. The summed E-state index contributed by atoms with van der Waals surface area (Å²) < 4.78 is 2.25. The number of H-pyrrole nitrogens is 1. The third-order valence-electron chi connectivity index (χ3n) is 6.23. The first-order valence-electron chi connectivity index (χ1n) is 11.9. The molecule has 5 aromatic rings. The summed E-state index contributed by atoms with van der Waals surface area (Å²) >= 11 is 0. The zero-order valence-corrected chi connectivity index (χ0v) is 20.1. The molecule has 0 saturated heterocycles. The van der Waals surface area contributed by atoms with Gasteiger partial charge in [-0.05, 0) is 59.4 Å². The minimum Gasteiger partial charge on any atom is -0.308 e. The Morgan fingerprint density at radius 2 is 1.68 bits per heavy atom. The van der Waals surface area contributed by atoms with E-state index in [-0.39, 0.29) is 0 Å². The van der Waals surface area contributed by atoms with Gasteiger partial charge in [0.25, 0.3) is 0 Å². The van der Waals surface area contributed by atoms with Crippen LogP contribution in [0.2, 0.25) is 0 Å². The third kappa shape index (κ3) is 4.09. The number of hydrogen-bond acceptors (Lipinski definition) is 5. The molecule has 1 N–H and O–H groups in total. The summed E-state index contributed by atoms with van der Waals surface area (Å²) in [5, 5.41) is 14.7. The van der Waals surface area contributed by atoms with Gasteiger partial charge in [-0.15, -0.1) is 10.2 Å². The molecule has 2 aromatic carbocycles. The van der Waals surface area contributed by atoms with Crippen LogP contribution in [0.5, 0.6) is 0 Å².